The molecule has 0 unspecified atom stereocenters. The highest BCUT2D eigenvalue weighted by atomic mass is 32.1. The SMILES string of the molecule is CCOC(=O)c1sc(NC(=O)c2cccc([N+](=O)[O-])c2)nc1C. The molecule has 1 aromatic carbocycles. The number of anilines is 1. The first-order valence-corrected chi connectivity index (χ1v) is 7.44. The van der Waals surface area contributed by atoms with Crippen LogP contribution in [0.3, 0.4) is 0 Å². The second-order valence-corrected chi connectivity index (χ2v) is 5.41. The number of carbonyl (C=O) groups is 2. The third-order valence-corrected chi connectivity index (χ3v) is 3.85. The van der Waals surface area contributed by atoms with Crippen LogP contribution in [-0.2, 0) is 4.74 Å². The average Bonchev–Trinajstić information content (AvgIpc) is 2.88. The molecule has 0 bridgehead atoms. The number of benzene rings is 1. The summed E-state index contributed by atoms with van der Waals surface area (Å²) in [5.41, 5.74) is 0.396. The van der Waals surface area contributed by atoms with Crippen molar-refractivity contribution in [2.24, 2.45) is 0 Å². The van der Waals surface area contributed by atoms with Gasteiger partial charge in [-0.3, -0.25) is 20.2 Å². The summed E-state index contributed by atoms with van der Waals surface area (Å²) in [5.74, 6) is -1.05. The van der Waals surface area contributed by atoms with Gasteiger partial charge in [-0.2, -0.15) is 0 Å². The molecule has 23 heavy (non-hydrogen) atoms. The molecule has 1 N–H and O–H groups in total. The Balaban J connectivity index is 2.18. The van der Waals surface area contributed by atoms with Crippen molar-refractivity contribution >= 4 is 34.0 Å². The molecule has 0 saturated carbocycles. The van der Waals surface area contributed by atoms with E-state index in [1.807, 2.05) is 0 Å². The molecule has 8 nitrogen and oxygen atoms in total. The zero-order valence-corrected chi connectivity index (χ0v) is 13.2. The zero-order valence-electron chi connectivity index (χ0n) is 12.4. The van der Waals surface area contributed by atoms with E-state index in [0.717, 1.165) is 11.3 Å². The highest BCUT2D eigenvalue weighted by molar-refractivity contribution is 7.17. The van der Waals surface area contributed by atoms with Crippen molar-refractivity contribution in [2.45, 2.75) is 13.8 Å². The number of aryl methyl sites for hydroxylation is 1. The van der Waals surface area contributed by atoms with Crippen LogP contribution in [0.4, 0.5) is 10.8 Å². The van der Waals surface area contributed by atoms with Gasteiger partial charge in [-0.15, -0.1) is 0 Å². The number of aromatic nitrogens is 1. The van der Waals surface area contributed by atoms with E-state index < -0.39 is 16.8 Å². The minimum Gasteiger partial charge on any atom is -0.462 e. The van der Waals surface area contributed by atoms with Crippen molar-refractivity contribution in [3.8, 4) is 0 Å². The number of hydrogen-bond acceptors (Lipinski definition) is 7. The van der Waals surface area contributed by atoms with Crippen LogP contribution in [0.5, 0.6) is 0 Å². The molecular formula is C14H13N3O5S. The van der Waals surface area contributed by atoms with Gasteiger partial charge in [0.05, 0.1) is 17.2 Å². The van der Waals surface area contributed by atoms with Gasteiger partial charge in [-0.1, -0.05) is 17.4 Å². The summed E-state index contributed by atoms with van der Waals surface area (Å²) < 4.78 is 4.90. The molecule has 1 amide bonds. The van der Waals surface area contributed by atoms with Crippen LogP contribution >= 0.6 is 11.3 Å². The fraction of sp³-hybridized carbons (Fsp3) is 0.214. The molecule has 120 valence electrons. The number of thiazole rings is 1. The zero-order chi connectivity index (χ0) is 17.0. The maximum atomic E-state index is 12.1. The summed E-state index contributed by atoms with van der Waals surface area (Å²) in [6.07, 6.45) is 0. The molecule has 2 rings (SSSR count). The molecule has 0 spiro atoms. The standard InChI is InChI=1S/C14H13N3O5S/c1-3-22-13(19)11-8(2)15-14(23-11)16-12(18)9-5-4-6-10(7-9)17(20)21/h4-7H,3H2,1-2H3,(H,15,16,18). The number of carbonyl (C=O) groups excluding carboxylic acids is 2. The van der Waals surface area contributed by atoms with E-state index in [2.05, 4.69) is 10.3 Å². The van der Waals surface area contributed by atoms with Crippen molar-refractivity contribution in [3.05, 3.63) is 50.5 Å². The molecule has 2 aromatic rings. The van der Waals surface area contributed by atoms with Crippen LogP contribution < -0.4 is 5.32 Å². The van der Waals surface area contributed by atoms with Gasteiger partial charge in [-0.25, -0.2) is 9.78 Å². The number of nitro groups is 1. The Hall–Kier alpha value is -2.81. The molecular weight excluding hydrogens is 322 g/mol. The van der Waals surface area contributed by atoms with Gasteiger partial charge in [0.25, 0.3) is 11.6 Å². The normalized spacial score (nSPS) is 10.2. The first-order chi connectivity index (χ1) is 10.9. The van der Waals surface area contributed by atoms with Crippen LogP contribution in [0.2, 0.25) is 0 Å². The third-order valence-electron chi connectivity index (χ3n) is 2.80. The van der Waals surface area contributed by atoms with Crippen LogP contribution in [0.15, 0.2) is 24.3 Å². The summed E-state index contributed by atoms with van der Waals surface area (Å²) in [6.45, 7) is 3.57. The monoisotopic (exact) mass is 335 g/mol. The largest absolute Gasteiger partial charge is 0.462 e. The smallest absolute Gasteiger partial charge is 0.350 e. The number of hydrogen-bond donors (Lipinski definition) is 1. The first kappa shape index (κ1) is 16.6. The summed E-state index contributed by atoms with van der Waals surface area (Å²) in [6, 6.07) is 5.34. The summed E-state index contributed by atoms with van der Waals surface area (Å²) in [4.78, 5) is 38.4. The van der Waals surface area contributed by atoms with Crippen molar-refractivity contribution in [1.82, 2.24) is 4.98 Å². The Kier molecular flexibility index (Phi) is 5.02. The number of nitrogens with zero attached hydrogens (tertiary/aromatic N) is 2. The number of ether oxygens (including phenoxy) is 1. The van der Waals surface area contributed by atoms with Gasteiger partial charge in [0.1, 0.15) is 4.88 Å². The Labute approximate surface area is 135 Å². The Morgan fingerprint density at radius 3 is 2.83 bits per heavy atom. The molecule has 0 radical (unpaired) electrons. The molecule has 0 aliphatic heterocycles. The van der Waals surface area contributed by atoms with Crippen LogP contribution in [0, 0.1) is 17.0 Å². The lowest BCUT2D eigenvalue weighted by atomic mass is 10.2. The molecule has 1 aromatic heterocycles. The van der Waals surface area contributed by atoms with E-state index in [-0.39, 0.29) is 23.0 Å². The maximum absolute atomic E-state index is 12.1. The van der Waals surface area contributed by atoms with E-state index in [9.17, 15) is 19.7 Å². The predicted octanol–water partition coefficient (Wildman–Crippen LogP) is 2.79. The van der Waals surface area contributed by atoms with Crippen LogP contribution in [0.1, 0.15) is 32.6 Å². The molecule has 0 aliphatic carbocycles. The second-order valence-electron chi connectivity index (χ2n) is 4.42. The Morgan fingerprint density at radius 1 is 1.43 bits per heavy atom. The quantitative estimate of drug-likeness (QED) is 0.511. The molecule has 0 aliphatic rings. The van der Waals surface area contributed by atoms with E-state index in [1.54, 1.807) is 13.8 Å². The number of nitro benzene ring substituents is 1. The van der Waals surface area contributed by atoms with Crippen LogP contribution in [0.25, 0.3) is 0 Å². The molecule has 0 atom stereocenters. The summed E-state index contributed by atoms with van der Waals surface area (Å²) >= 11 is 0.990. The minimum atomic E-state index is -0.580. The molecule has 1 heterocycles. The summed E-state index contributed by atoms with van der Waals surface area (Å²) in [7, 11) is 0. The molecule has 9 heteroatoms. The van der Waals surface area contributed by atoms with E-state index >= 15 is 0 Å². The van der Waals surface area contributed by atoms with Gasteiger partial charge in [0, 0.05) is 17.7 Å². The van der Waals surface area contributed by atoms with Gasteiger partial charge >= 0.3 is 5.97 Å². The fourth-order valence-corrected chi connectivity index (χ4v) is 2.62. The van der Waals surface area contributed by atoms with Crippen LogP contribution in [-0.4, -0.2) is 28.4 Å². The fourth-order valence-electron chi connectivity index (χ4n) is 1.77. The van der Waals surface area contributed by atoms with Crippen molar-refractivity contribution in [2.75, 3.05) is 11.9 Å². The van der Waals surface area contributed by atoms with Gasteiger partial charge < -0.3 is 4.74 Å². The number of nitrogens with one attached hydrogen (secondary N) is 1. The second kappa shape index (κ2) is 6.97. The van der Waals surface area contributed by atoms with Crippen molar-refractivity contribution < 1.29 is 19.2 Å². The van der Waals surface area contributed by atoms with E-state index in [4.69, 9.17) is 4.74 Å². The van der Waals surface area contributed by atoms with Crippen molar-refractivity contribution in [3.63, 3.8) is 0 Å². The highest BCUT2D eigenvalue weighted by Crippen LogP contribution is 2.24. The maximum Gasteiger partial charge on any atom is 0.350 e. The number of non-ortho nitro benzene ring substituents is 1. The first-order valence-electron chi connectivity index (χ1n) is 6.62. The average molecular weight is 335 g/mol. The van der Waals surface area contributed by atoms with Gasteiger partial charge in [0.15, 0.2) is 5.13 Å². The number of esters is 1. The van der Waals surface area contributed by atoms with Crippen molar-refractivity contribution in [1.29, 1.82) is 0 Å². The number of rotatable bonds is 5. The number of amides is 1. The predicted molar refractivity (Wildman–Crippen MR) is 83.9 cm³/mol. The third kappa shape index (κ3) is 3.89. The lowest BCUT2D eigenvalue weighted by Crippen LogP contribution is -2.11. The summed E-state index contributed by atoms with van der Waals surface area (Å²) in [5, 5.41) is 13.5. The molecule has 0 fully saturated rings. The Morgan fingerprint density at radius 2 is 2.17 bits per heavy atom. The highest BCUT2D eigenvalue weighted by Gasteiger charge is 2.18. The van der Waals surface area contributed by atoms with Gasteiger partial charge in [0.2, 0.25) is 0 Å². The topological polar surface area (TPSA) is 111 Å². The lowest BCUT2D eigenvalue weighted by molar-refractivity contribution is -0.384. The lowest BCUT2D eigenvalue weighted by Gasteiger charge is -2.01. The van der Waals surface area contributed by atoms with Gasteiger partial charge in [-0.05, 0) is 19.9 Å². The van der Waals surface area contributed by atoms with E-state index in [1.165, 1.54) is 24.3 Å². The molecule has 0 saturated heterocycles. The minimum absolute atomic E-state index is 0.129. The van der Waals surface area contributed by atoms with E-state index in [0.29, 0.717) is 10.6 Å². The Bertz CT molecular complexity index is 772.